The summed E-state index contributed by atoms with van der Waals surface area (Å²) in [5.74, 6) is 0.751. The third-order valence-electron chi connectivity index (χ3n) is 2.03. The summed E-state index contributed by atoms with van der Waals surface area (Å²) in [5, 5.41) is 3.12. The first-order valence-corrected chi connectivity index (χ1v) is 4.96. The van der Waals surface area contributed by atoms with Crippen molar-refractivity contribution in [1.82, 2.24) is 5.32 Å². The lowest BCUT2D eigenvalue weighted by Gasteiger charge is -2.13. The van der Waals surface area contributed by atoms with Crippen LogP contribution < -0.4 is 11.1 Å². The Morgan fingerprint density at radius 2 is 1.64 bits per heavy atom. The molecule has 0 aromatic carbocycles. The van der Waals surface area contributed by atoms with Gasteiger partial charge in [-0.1, -0.05) is 40.9 Å². The van der Waals surface area contributed by atoms with Gasteiger partial charge in [-0.05, 0) is 17.9 Å². The Kier molecular flexibility index (Phi) is 5.06. The van der Waals surface area contributed by atoms with E-state index in [4.69, 9.17) is 5.73 Å². The lowest BCUT2D eigenvalue weighted by molar-refractivity contribution is 0.706. The fourth-order valence-electron chi connectivity index (χ4n) is 0.755. The predicted molar refractivity (Wildman–Crippen MR) is 63.4 cm³/mol. The molecule has 3 N–H and O–H groups in total. The van der Waals surface area contributed by atoms with E-state index >= 15 is 0 Å². The van der Waals surface area contributed by atoms with Crippen molar-refractivity contribution in [3.05, 3.63) is 36.3 Å². The van der Waals surface area contributed by atoms with E-state index in [0.29, 0.717) is 11.8 Å². The summed E-state index contributed by atoms with van der Waals surface area (Å²) in [5.41, 5.74) is 8.39. The molecule has 14 heavy (non-hydrogen) atoms. The van der Waals surface area contributed by atoms with Gasteiger partial charge in [0.1, 0.15) is 0 Å². The van der Waals surface area contributed by atoms with Crippen LogP contribution in [-0.2, 0) is 0 Å². The number of hydrogen-bond acceptors (Lipinski definition) is 2. The molecule has 0 spiro atoms. The number of allylic oxidation sites excluding steroid dienone is 3. The van der Waals surface area contributed by atoms with E-state index in [9.17, 15) is 0 Å². The first kappa shape index (κ1) is 12.8. The van der Waals surface area contributed by atoms with Crippen LogP contribution in [-0.4, -0.2) is 0 Å². The lowest BCUT2D eigenvalue weighted by atomic mass is 10.1. The Hall–Kier alpha value is -1.18. The van der Waals surface area contributed by atoms with E-state index in [0.717, 1.165) is 17.1 Å². The fraction of sp³-hybridized carbons (Fsp3) is 0.500. The maximum Gasteiger partial charge on any atom is 0.0326 e. The van der Waals surface area contributed by atoms with Crippen molar-refractivity contribution in [3.63, 3.8) is 0 Å². The molecule has 0 aliphatic heterocycles. The smallest absolute Gasteiger partial charge is 0.0326 e. The molecule has 0 amide bonds. The van der Waals surface area contributed by atoms with Gasteiger partial charge in [-0.25, -0.2) is 0 Å². The molecule has 0 heterocycles. The van der Waals surface area contributed by atoms with Crippen LogP contribution in [0.1, 0.15) is 27.7 Å². The van der Waals surface area contributed by atoms with Gasteiger partial charge in [0.05, 0.1) is 0 Å². The molecule has 80 valence electrons. The average Bonchev–Trinajstić information content (AvgIpc) is 2.03. The molecule has 0 aliphatic rings. The fourth-order valence-corrected chi connectivity index (χ4v) is 0.755. The second-order valence-corrected chi connectivity index (χ2v) is 4.13. The summed E-state index contributed by atoms with van der Waals surface area (Å²) in [6.07, 6.45) is 1.86. The first-order chi connectivity index (χ1) is 6.34. The molecule has 0 aromatic rings. The average molecular weight is 194 g/mol. The Balaban J connectivity index is 4.24. The zero-order valence-electron chi connectivity index (χ0n) is 9.72. The van der Waals surface area contributed by atoms with Crippen molar-refractivity contribution in [1.29, 1.82) is 0 Å². The normalized spacial score (nSPS) is 12.0. The number of nitrogens with one attached hydrogen (secondary N) is 1. The Morgan fingerprint density at radius 1 is 1.14 bits per heavy atom. The summed E-state index contributed by atoms with van der Waals surface area (Å²) >= 11 is 0. The highest BCUT2D eigenvalue weighted by molar-refractivity contribution is 5.22. The molecule has 0 saturated heterocycles. The minimum Gasteiger partial charge on any atom is -0.402 e. The summed E-state index contributed by atoms with van der Waals surface area (Å²) < 4.78 is 0. The van der Waals surface area contributed by atoms with Crippen molar-refractivity contribution in [3.8, 4) is 0 Å². The molecule has 0 atom stereocenters. The zero-order valence-corrected chi connectivity index (χ0v) is 9.72. The van der Waals surface area contributed by atoms with Crippen LogP contribution in [0.4, 0.5) is 0 Å². The van der Waals surface area contributed by atoms with Crippen LogP contribution in [0.25, 0.3) is 0 Å². The van der Waals surface area contributed by atoms with Crippen molar-refractivity contribution in [2.24, 2.45) is 17.6 Å². The summed E-state index contributed by atoms with van der Waals surface area (Å²) in [4.78, 5) is 0. The number of nitrogens with two attached hydrogens (primary N) is 1. The Labute approximate surface area is 87.6 Å². The van der Waals surface area contributed by atoms with Gasteiger partial charge in [0.2, 0.25) is 0 Å². The monoisotopic (exact) mass is 194 g/mol. The second kappa shape index (κ2) is 5.53. The standard InChI is InChI=1S/C12H22N2/c1-8(2)11(6)14-10(5)7-12(13)9(3)4/h7-9,14H,5-6,13H2,1-4H3/b12-7-. The number of rotatable bonds is 5. The third kappa shape index (κ3) is 4.75. The molecule has 0 rings (SSSR count). The SMILES string of the molecule is C=C(/C=C(\N)C(C)C)NC(=C)C(C)C. The quantitative estimate of drug-likeness (QED) is 0.660. The topological polar surface area (TPSA) is 38.0 Å². The highest BCUT2D eigenvalue weighted by Crippen LogP contribution is 2.08. The molecule has 0 unspecified atom stereocenters. The zero-order chi connectivity index (χ0) is 11.3. The molecule has 2 heteroatoms. The minimum absolute atomic E-state index is 0.348. The predicted octanol–water partition coefficient (Wildman–Crippen LogP) is 2.76. The second-order valence-electron chi connectivity index (χ2n) is 4.13. The van der Waals surface area contributed by atoms with Crippen LogP contribution in [0.5, 0.6) is 0 Å². The van der Waals surface area contributed by atoms with Crippen LogP contribution in [0.15, 0.2) is 36.3 Å². The summed E-state index contributed by atoms with van der Waals surface area (Å²) in [6, 6.07) is 0. The van der Waals surface area contributed by atoms with E-state index in [1.807, 2.05) is 6.08 Å². The van der Waals surface area contributed by atoms with Gasteiger partial charge < -0.3 is 11.1 Å². The Morgan fingerprint density at radius 3 is 2.00 bits per heavy atom. The maximum absolute atomic E-state index is 5.80. The van der Waals surface area contributed by atoms with E-state index in [1.165, 1.54) is 0 Å². The maximum atomic E-state index is 5.80. The van der Waals surface area contributed by atoms with E-state index in [2.05, 4.69) is 46.2 Å². The van der Waals surface area contributed by atoms with Crippen molar-refractivity contribution in [2.45, 2.75) is 27.7 Å². The molecule has 0 aliphatic carbocycles. The van der Waals surface area contributed by atoms with Crippen molar-refractivity contribution >= 4 is 0 Å². The van der Waals surface area contributed by atoms with Gasteiger partial charge in [0, 0.05) is 17.1 Å². The molecule has 2 nitrogen and oxygen atoms in total. The highest BCUT2D eigenvalue weighted by atomic mass is 14.9. The van der Waals surface area contributed by atoms with Crippen molar-refractivity contribution in [2.75, 3.05) is 0 Å². The third-order valence-corrected chi connectivity index (χ3v) is 2.03. The van der Waals surface area contributed by atoms with Gasteiger partial charge in [0.15, 0.2) is 0 Å². The summed E-state index contributed by atoms with van der Waals surface area (Å²) in [6.45, 7) is 16.0. The molecular formula is C12H22N2. The van der Waals surface area contributed by atoms with Gasteiger partial charge in [0.25, 0.3) is 0 Å². The summed E-state index contributed by atoms with van der Waals surface area (Å²) in [7, 11) is 0. The molecule has 0 bridgehead atoms. The first-order valence-electron chi connectivity index (χ1n) is 4.96. The molecule has 0 aromatic heterocycles. The van der Waals surface area contributed by atoms with Crippen LogP contribution in [0.3, 0.4) is 0 Å². The van der Waals surface area contributed by atoms with Crippen molar-refractivity contribution < 1.29 is 0 Å². The van der Waals surface area contributed by atoms with E-state index in [-0.39, 0.29) is 0 Å². The Bertz CT molecular complexity index is 247. The highest BCUT2D eigenvalue weighted by Gasteiger charge is 2.01. The molecule has 0 radical (unpaired) electrons. The van der Waals surface area contributed by atoms with Gasteiger partial charge >= 0.3 is 0 Å². The van der Waals surface area contributed by atoms with Gasteiger partial charge in [-0.2, -0.15) is 0 Å². The van der Waals surface area contributed by atoms with Crippen LogP contribution >= 0.6 is 0 Å². The minimum atomic E-state index is 0.348. The number of hydrogen-bond donors (Lipinski definition) is 2. The molecule has 0 saturated carbocycles. The van der Waals surface area contributed by atoms with E-state index in [1.54, 1.807) is 0 Å². The molecule has 0 fully saturated rings. The largest absolute Gasteiger partial charge is 0.402 e. The van der Waals surface area contributed by atoms with Crippen LogP contribution in [0, 0.1) is 11.8 Å². The van der Waals surface area contributed by atoms with Crippen LogP contribution in [0.2, 0.25) is 0 Å². The molecular weight excluding hydrogens is 172 g/mol. The van der Waals surface area contributed by atoms with Gasteiger partial charge in [-0.15, -0.1) is 0 Å². The van der Waals surface area contributed by atoms with E-state index < -0.39 is 0 Å². The lowest BCUT2D eigenvalue weighted by Crippen LogP contribution is -2.16. The van der Waals surface area contributed by atoms with Gasteiger partial charge in [-0.3, -0.25) is 0 Å².